The maximum atomic E-state index is 12.9. The second-order valence-electron chi connectivity index (χ2n) is 6.63. The molecule has 1 atom stereocenters. The van der Waals surface area contributed by atoms with E-state index in [2.05, 4.69) is 5.32 Å². The van der Waals surface area contributed by atoms with E-state index in [4.69, 9.17) is 4.42 Å². The first-order valence-corrected chi connectivity index (χ1v) is 10.5. The number of hydrogen-bond acceptors (Lipinski definition) is 4. The monoisotopic (exact) mass is 392 g/mol. The number of nitrogens with zero attached hydrogens (tertiary/aromatic N) is 1. The summed E-state index contributed by atoms with van der Waals surface area (Å²) in [7, 11) is -3.63. The number of benzene rings is 1. The molecule has 2 rings (SSSR count). The molecule has 0 aliphatic carbocycles. The van der Waals surface area contributed by atoms with Crippen molar-refractivity contribution in [2.45, 2.75) is 52.5 Å². The average Bonchev–Trinajstić information content (AvgIpc) is 2.94. The van der Waals surface area contributed by atoms with E-state index in [9.17, 15) is 13.2 Å². The standard InChI is InChI=1S/C20H28N2O4S/c1-7-22(8-2)27(24,25)19-12-17(10-9-13(19)3)20(23)21-15(5)18-11-14(4)26-16(18)6/h9-12,15H,7-8H2,1-6H3,(H,21,23). The molecule has 2 aromatic rings. The fraction of sp³-hybridized carbons (Fsp3) is 0.450. The Kier molecular flexibility index (Phi) is 6.49. The number of furan rings is 1. The molecule has 0 aliphatic heterocycles. The van der Waals surface area contributed by atoms with Crippen LogP contribution in [-0.4, -0.2) is 31.7 Å². The summed E-state index contributed by atoms with van der Waals surface area (Å²) < 4.78 is 32.6. The van der Waals surface area contributed by atoms with Gasteiger partial charge in [0.05, 0.1) is 10.9 Å². The van der Waals surface area contributed by atoms with Crippen LogP contribution in [-0.2, 0) is 10.0 Å². The summed E-state index contributed by atoms with van der Waals surface area (Å²) in [5.41, 5.74) is 1.84. The van der Waals surface area contributed by atoms with E-state index in [1.807, 2.05) is 26.8 Å². The summed E-state index contributed by atoms with van der Waals surface area (Å²) in [6.45, 7) is 11.7. The largest absolute Gasteiger partial charge is 0.466 e. The van der Waals surface area contributed by atoms with E-state index in [-0.39, 0.29) is 16.8 Å². The Morgan fingerprint density at radius 2 is 1.78 bits per heavy atom. The van der Waals surface area contributed by atoms with Gasteiger partial charge in [0.25, 0.3) is 5.91 Å². The first-order valence-electron chi connectivity index (χ1n) is 9.10. The summed E-state index contributed by atoms with van der Waals surface area (Å²) in [6.07, 6.45) is 0. The minimum Gasteiger partial charge on any atom is -0.466 e. The second-order valence-corrected chi connectivity index (χ2v) is 8.54. The van der Waals surface area contributed by atoms with Crippen molar-refractivity contribution in [2.75, 3.05) is 13.1 Å². The molecule has 7 heteroatoms. The highest BCUT2D eigenvalue weighted by atomic mass is 32.2. The zero-order valence-electron chi connectivity index (χ0n) is 16.8. The molecule has 148 valence electrons. The third-order valence-electron chi connectivity index (χ3n) is 4.67. The maximum absolute atomic E-state index is 12.9. The van der Waals surface area contributed by atoms with Crippen LogP contribution >= 0.6 is 0 Å². The lowest BCUT2D eigenvalue weighted by atomic mass is 10.1. The molecule has 0 spiro atoms. The molecule has 1 amide bonds. The lowest BCUT2D eigenvalue weighted by molar-refractivity contribution is 0.0939. The molecule has 1 unspecified atom stereocenters. The van der Waals surface area contributed by atoms with Crippen molar-refractivity contribution in [3.05, 3.63) is 52.5 Å². The Hall–Kier alpha value is -2.12. The summed E-state index contributed by atoms with van der Waals surface area (Å²) in [5.74, 6) is 1.22. The highest BCUT2D eigenvalue weighted by molar-refractivity contribution is 7.89. The fourth-order valence-electron chi connectivity index (χ4n) is 3.16. The molecule has 1 heterocycles. The number of carbonyl (C=O) groups excluding carboxylic acids is 1. The normalized spacial score (nSPS) is 13.0. The van der Waals surface area contributed by atoms with E-state index in [1.165, 1.54) is 10.4 Å². The van der Waals surface area contributed by atoms with Crippen molar-refractivity contribution < 1.29 is 17.6 Å². The molecular weight excluding hydrogens is 364 g/mol. The number of nitrogens with one attached hydrogen (secondary N) is 1. The van der Waals surface area contributed by atoms with Gasteiger partial charge in [0.2, 0.25) is 10.0 Å². The molecule has 1 aromatic heterocycles. The Balaban J connectivity index is 2.32. The Morgan fingerprint density at radius 3 is 2.30 bits per heavy atom. The fourth-order valence-corrected chi connectivity index (χ4v) is 4.87. The molecule has 1 N–H and O–H groups in total. The van der Waals surface area contributed by atoms with Crippen LogP contribution in [0.1, 0.15) is 59.8 Å². The predicted octanol–water partition coefficient (Wildman–Crippen LogP) is 3.73. The van der Waals surface area contributed by atoms with E-state index in [0.29, 0.717) is 24.2 Å². The number of carbonyl (C=O) groups is 1. The third kappa shape index (κ3) is 4.42. The maximum Gasteiger partial charge on any atom is 0.251 e. The van der Waals surface area contributed by atoms with Gasteiger partial charge in [-0.2, -0.15) is 4.31 Å². The number of aryl methyl sites for hydroxylation is 3. The van der Waals surface area contributed by atoms with Crippen LogP contribution in [0.5, 0.6) is 0 Å². The minimum absolute atomic E-state index is 0.168. The van der Waals surface area contributed by atoms with E-state index in [0.717, 1.165) is 17.1 Å². The van der Waals surface area contributed by atoms with Gasteiger partial charge in [-0.3, -0.25) is 4.79 Å². The van der Waals surface area contributed by atoms with Gasteiger partial charge in [-0.25, -0.2) is 8.42 Å². The molecule has 27 heavy (non-hydrogen) atoms. The van der Waals surface area contributed by atoms with Gasteiger partial charge in [0.15, 0.2) is 0 Å². The summed E-state index contributed by atoms with van der Waals surface area (Å²) >= 11 is 0. The molecule has 0 aliphatic rings. The van der Waals surface area contributed by atoms with Crippen LogP contribution in [0.4, 0.5) is 0 Å². The molecule has 0 radical (unpaired) electrons. The number of rotatable bonds is 7. The highest BCUT2D eigenvalue weighted by Crippen LogP contribution is 2.24. The van der Waals surface area contributed by atoms with Crippen molar-refractivity contribution in [3.8, 4) is 0 Å². The van der Waals surface area contributed by atoms with E-state index in [1.54, 1.807) is 32.9 Å². The van der Waals surface area contributed by atoms with E-state index >= 15 is 0 Å². The smallest absolute Gasteiger partial charge is 0.251 e. The van der Waals surface area contributed by atoms with Crippen molar-refractivity contribution in [1.82, 2.24) is 9.62 Å². The topological polar surface area (TPSA) is 79.6 Å². The van der Waals surface area contributed by atoms with Gasteiger partial charge >= 0.3 is 0 Å². The van der Waals surface area contributed by atoms with Crippen molar-refractivity contribution >= 4 is 15.9 Å². The van der Waals surface area contributed by atoms with Crippen LogP contribution in [0.3, 0.4) is 0 Å². The zero-order valence-corrected chi connectivity index (χ0v) is 17.6. The Labute approximate surface area is 161 Å². The Morgan fingerprint density at radius 1 is 1.15 bits per heavy atom. The quantitative estimate of drug-likeness (QED) is 0.779. The van der Waals surface area contributed by atoms with Crippen molar-refractivity contribution in [2.24, 2.45) is 0 Å². The van der Waals surface area contributed by atoms with Gasteiger partial charge in [-0.1, -0.05) is 19.9 Å². The van der Waals surface area contributed by atoms with Crippen LogP contribution in [0.2, 0.25) is 0 Å². The van der Waals surface area contributed by atoms with Gasteiger partial charge in [0.1, 0.15) is 11.5 Å². The van der Waals surface area contributed by atoms with Crippen LogP contribution in [0.25, 0.3) is 0 Å². The second kappa shape index (κ2) is 8.27. The van der Waals surface area contributed by atoms with Crippen LogP contribution < -0.4 is 5.32 Å². The van der Waals surface area contributed by atoms with E-state index < -0.39 is 10.0 Å². The number of amides is 1. The van der Waals surface area contributed by atoms with Gasteiger partial charge in [0, 0.05) is 24.2 Å². The molecule has 0 bridgehead atoms. The first kappa shape index (κ1) is 21.2. The summed E-state index contributed by atoms with van der Waals surface area (Å²) in [5, 5.41) is 2.91. The molecule has 0 saturated heterocycles. The highest BCUT2D eigenvalue weighted by Gasteiger charge is 2.25. The zero-order chi connectivity index (χ0) is 20.4. The summed E-state index contributed by atoms with van der Waals surface area (Å²) in [4.78, 5) is 12.9. The van der Waals surface area contributed by atoms with Crippen LogP contribution in [0, 0.1) is 20.8 Å². The molecule has 6 nitrogen and oxygen atoms in total. The van der Waals surface area contributed by atoms with Crippen molar-refractivity contribution in [1.29, 1.82) is 0 Å². The SMILES string of the molecule is CCN(CC)S(=O)(=O)c1cc(C(=O)NC(C)c2cc(C)oc2C)ccc1C. The third-order valence-corrected chi connectivity index (χ3v) is 6.86. The minimum atomic E-state index is -3.63. The summed E-state index contributed by atoms with van der Waals surface area (Å²) in [6, 6.07) is 6.42. The van der Waals surface area contributed by atoms with Gasteiger partial charge < -0.3 is 9.73 Å². The van der Waals surface area contributed by atoms with Gasteiger partial charge in [-0.15, -0.1) is 0 Å². The van der Waals surface area contributed by atoms with Crippen LogP contribution in [0.15, 0.2) is 33.6 Å². The average molecular weight is 393 g/mol. The van der Waals surface area contributed by atoms with Crippen molar-refractivity contribution in [3.63, 3.8) is 0 Å². The molecular formula is C20H28N2O4S. The lowest BCUT2D eigenvalue weighted by Gasteiger charge is -2.20. The molecule has 0 saturated carbocycles. The molecule has 0 fully saturated rings. The first-order chi connectivity index (χ1) is 12.6. The molecule has 1 aromatic carbocycles. The number of sulfonamides is 1. The Bertz CT molecular complexity index is 927. The predicted molar refractivity (Wildman–Crippen MR) is 105 cm³/mol. The lowest BCUT2D eigenvalue weighted by Crippen LogP contribution is -2.32. The number of hydrogen-bond donors (Lipinski definition) is 1. The van der Waals surface area contributed by atoms with Gasteiger partial charge in [-0.05, 0) is 51.5 Å².